The molecular weight excluding hydrogens is 287 g/mol. The van der Waals surface area contributed by atoms with E-state index in [0.717, 1.165) is 6.42 Å². The van der Waals surface area contributed by atoms with Gasteiger partial charge in [0.15, 0.2) is 0 Å². The minimum Gasteiger partial charge on any atom is -0.379 e. The van der Waals surface area contributed by atoms with Gasteiger partial charge in [-0.3, -0.25) is 0 Å². The zero-order valence-corrected chi connectivity index (χ0v) is 12.0. The van der Waals surface area contributed by atoms with Gasteiger partial charge in [0, 0.05) is 25.5 Å². The van der Waals surface area contributed by atoms with Gasteiger partial charge in [-0.15, -0.1) is 0 Å². The molecule has 0 unspecified atom stereocenters. The second kappa shape index (κ2) is 6.57. The fourth-order valence-electron chi connectivity index (χ4n) is 2.34. The first-order chi connectivity index (χ1) is 10.7. The number of carbonyl (C=O) groups excluding carboxylic acids is 1. The van der Waals surface area contributed by atoms with Crippen LogP contribution in [0.3, 0.4) is 0 Å². The molecule has 0 spiro atoms. The first kappa shape index (κ1) is 14.5. The van der Waals surface area contributed by atoms with E-state index in [1.807, 2.05) is 0 Å². The number of ether oxygens (including phenoxy) is 1. The highest BCUT2D eigenvalue weighted by Crippen LogP contribution is 2.14. The Morgan fingerprint density at radius 2 is 2.41 bits per heavy atom. The molecule has 1 aromatic heterocycles. The van der Waals surface area contributed by atoms with Crippen LogP contribution < -0.4 is 10.6 Å². The SMILES string of the molecule is O=C(NCc1ccc(-n2ccnc2)c(F)c1)N[C@H]1CCOC1. The molecule has 1 aromatic carbocycles. The van der Waals surface area contributed by atoms with Crippen LogP contribution in [0.25, 0.3) is 5.69 Å². The quantitative estimate of drug-likeness (QED) is 0.901. The number of hydrogen-bond donors (Lipinski definition) is 2. The summed E-state index contributed by atoms with van der Waals surface area (Å²) < 4.78 is 20.9. The van der Waals surface area contributed by atoms with Crippen LogP contribution in [0.5, 0.6) is 0 Å². The summed E-state index contributed by atoms with van der Waals surface area (Å²) in [7, 11) is 0. The number of halogens is 1. The number of hydrogen-bond acceptors (Lipinski definition) is 3. The minimum atomic E-state index is -0.359. The van der Waals surface area contributed by atoms with Crippen molar-refractivity contribution in [2.75, 3.05) is 13.2 Å². The number of nitrogens with zero attached hydrogens (tertiary/aromatic N) is 2. The average Bonchev–Trinajstić information content (AvgIpc) is 3.18. The van der Waals surface area contributed by atoms with Crippen molar-refractivity contribution in [3.8, 4) is 5.69 Å². The van der Waals surface area contributed by atoms with E-state index in [0.29, 0.717) is 24.5 Å². The Balaban J connectivity index is 1.56. The number of urea groups is 1. The Morgan fingerprint density at radius 3 is 3.09 bits per heavy atom. The van der Waals surface area contributed by atoms with E-state index in [9.17, 15) is 9.18 Å². The maximum Gasteiger partial charge on any atom is 0.315 e. The van der Waals surface area contributed by atoms with Crippen molar-refractivity contribution in [3.05, 3.63) is 48.3 Å². The minimum absolute atomic E-state index is 0.0559. The predicted molar refractivity (Wildman–Crippen MR) is 78.1 cm³/mol. The number of benzene rings is 1. The number of imidazole rings is 1. The van der Waals surface area contributed by atoms with Crippen LogP contribution in [0.4, 0.5) is 9.18 Å². The molecule has 22 heavy (non-hydrogen) atoms. The fourth-order valence-corrected chi connectivity index (χ4v) is 2.34. The molecule has 0 bridgehead atoms. The van der Waals surface area contributed by atoms with Crippen LogP contribution in [-0.4, -0.2) is 34.8 Å². The van der Waals surface area contributed by atoms with E-state index >= 15 is 0 Å². The van der Waals surface area contributed by atoms with Crippen LogP contribution >= 0.6 is 0 Å². The van der Waals surface area contributed by atoms with Gasteiger partial charge in [0.25, 0.3) is 0 Å². The Labute approximate surface area is 127 Å². The molecule has 2 aromatic rings. The van der Waals surface area contributed by atoms with Crippen LogP contribution in [0.15, 0.2) is 36.9 Å². The third-order valence-corrected chi connectivity index (χ3v) is 3.51. The normalized spacial score (nSPS) is 17.4. The van der Waals surface area contributed by atoms with Crippen molar-refractivity contribution < 1.29 is 13.9 Å². The summed E-state index contributed by atoms with van der Waals surface area (Å²) in [5.74, 6) is -0.359. The molecule has 3 rings (SSSR count). The molecule has 2 amide bonds. The monoisotopic (exact) mass is 304 g/mol. The Morgan fingerprint density at radius 1 is 1.50 bits per heavy atom. The first-order valence-electron chi connectivity index (χ1n) is 7.11. The Hall–Kier alpha value is -2.41. The highest BCUT2D eigenvalue weighted by molar-refractivity contribution is 5.74. The van der Waals surface area contributed by atoms with Gasteiger partial charge in [-0.1, -0.05) is 6.07 Å². The van der Waals surface area contributed by atoms with Crippen molar-refractivity contribution in [1.82, 2.24) is 20.2 Å². The maximum absolute atomic E-state index is 14.1. The van der Waals surface area contributed by atoms with Crippen molar-refractivity contribution >= 4 is 6.03 Å². The average molecular weight is 304 g/mol. The zero-order valence-electron chi connectivity index (χ0n) is 12.0. The first-order valence-corrected chi connectivity index (χ1v) is 7.11. The van der Waals surface area contributed by atoms with Gasteiger partial charge in [-0.25, -0.2) is 14.2 Å². The molecule has 0 saturated carbocycles. The number of nitrogens with one attached hydrogen (secondary N) is 2. The molecule has 0 radical (unpaired) electrons. The van der Waals surface area contributed by atoms with Gasteiger partial charge < -0.3 is 19.9 Å². The van der Waals surface area contributed by atoms with E-state index < -0.39 is 0 Å². The van der Waals surface area contributed by atoms with Crippen LogP contribution in [0, 0.1) is 5.82 Å². The van der Waals surface area contributed by atoms with Crippen molar-refractivity contribution in [2.24, 2.45) is 0 Å². The van der Waals surface area contributed by atoms with Crippen LogP contribution in [0.1, 0.15) is 12.0 Å². The van der Waals surface area contributed by atoms with Crippen molar-refractivity contribution in [2.45, 2.75) is 19.0 Å². The van der Waals surface area contributed by atoms with E-state index in [2.05, 4.69) is 15.6 Å². The summed E-state index contributed by atoms with van der Waals surface area (Å²) in [6, 6.07) is 4.64. The Kier molecular flexibility index (Phi) is 4.34. The van der Waals surface area contributed by atoms with E-state index in [1.165, 1.54) is 12.4 Å². The molecule has 1 aliphatic rings. The second-order valence-electron chi connectivity index (χ2n) is 5.14. The molecule has 116 valence electrons. The number of amides is 2. The van der Waals surface area contributed by atoms with Crippen LogP contribution in [0.2, 0.25) is 0 Å². The molecule has 1 saturated heterocycles. The summed E-state index contributed by atoms with van der Waals surface area (Å²) in [6.07, 6.45) is 5.62. The lowest BCUT2D eigenvalue weighted by atomic mass is 10.2. The number of aromatic nitrogens is 2. The fraction of sp³-hybridized carbons (Fsp3) is 0.333. The van der Waals surface area contributed by atoms with E-state index in [1.54, 1.807) is 29.1 Å². The molecule has 0 aliphatic carbocycles. The maximum atomic E-state index is 14.1. The third kappa shape index (κ3) is 3.43. The van der Waals surface area contributed by atoms with Gasteiger partial charge >= 0.3 is 6.03 Å². The molecule has 1 aliphatic heterocycles. The summed E-state index contributed by atoms with van der Waals surface area (Å²) >= 11 is 0. The predicted octanol–water partition coefficient (Wildman–Crippen LogP) is 1.60. The second-order valence-corrected chi connectivity index (χ2v) is 5.14. The molecule has 6 nitrogen and oxygen atoms in total. The summed E-state index contributed by atoms with van der Waals surface area (Å²) in [5, 5.41) is 5.53. The van der Waals surface area contributed by atoms with Gasteiger partial charge in [-0.05, 0) is 24.1 Å². The highest BCUT2D eigenvalue weighted by Gasteiger charge is 2.17. The van der Waals surface area contributed by atoms with Gasteiger partial charge in [-0.2, -0.15) is 0 Å². The summed E-state index contributed by atoms with van der Waals surface area (Å²) in [5.41, 5.74) is 1.12. The zero-order chi connectivity index (χ0) is 15.4. The number of rotatable bonds is 4. The lowest BCUT2D eigenvalue weighted by Gasteiger charge is -2.12. The van der Waals surface area contributed by atoms with E-state index in [4.69, 9.17) is 4.74 Å². The van der Waals surface area contributed by atoms with Crippen molar-refractivity contribution in [3.63, 3.8) is 0 Å². The summed E-state index contributed by atoms with van der Waals surface area (Å²) in [6.45, 7) is 1.48. The van der Waals surface area contributed by atoms with Gasteiger partial charge in [0.1, 0.15) is 5.82 Å². The molecule has 2 heterocycles. The van der Waals surface area contributed by atoms with Gasteiger partial charge in [0.2, 0.25) is 0 Å². The van der Waals surface area contributed by atoms with Crippen LogP contribution in [-0.2, 0) is 11.3 Å². The summed E-state index contributed by atoms with van der Waals surface area (Å²) in [4.78, 5) is 15.6. The largest absolute Gasteiger partial charge is 0.379 e. The Bertz CT molecular complexity index is 639. The number of carbonyl (C=O) groups is 1. The van der Waals surface area contributed by atoms with E-state index in [-0.39, 0.29) is 24.4 Å². The standard InChI is InChI=1S/C15H17FN4O2/c16-13-7-11(1-2-14(13)20-5-4-17-10-20)8-18-15(21)19-12-3-6-22-9-12/h1-2,4-5,7,10,12H,3,6,8-9H2,(H2,18,19,21)/t12-/m0/s1. The highest BCUT2D eigenvalue weighted by atomic mass is 19.1. The topological polar surface area (TPSA) is 68.2 Å². The molecule has 2 N–H and O–H groups in total. The smallest absolute Gasteiger partial charge is 0.315 e. The lowest BCUT2D eigenvalue weighted by molar-refractivity contribution is 0.188. The third-order valence-electron chi connectivity index (χ3n) is 3.51. The molecule has 7 heteroatoms. The molecule has 1 fully saturated rings. The molecule has 1 atom stereocenters. The lowest BCUT2D eigenvalue weighted by Crippen LogP contribution is -2.42. The van der Waals surface area contributed by atoms with Crippen molar-refractivity contribution in [1.29, 1.82) is 0 Å². The van der Waals surface area contributed by atoms with Gasteiger partial charge in [0.05, 0.1) is 24.7 Å². The molecular formula is C15H17FN4O2.